The summed E-state index contributed by atoms with van der Waals surface area (Å²) in [4.78, 5) is 18.0. The fraction of sp³-hybridized carbons (Fsp3) is 0.267. The highest BCUT2D eigenvalue weighted by molar-refractivity contribution is 9.10. The number of hydrogen-bond donors (Lipinski definition) is 2. The van der Waals surface area contributed by atoms with Crippen LogP contribution in [0.15, 0.2) is 32.6 Å². The number of aromatic nitrogens is 2. The van der Waals surface area contributed by atoms with Gasteiger partial charge in [0.15, 0.2) is 11.5 Å². The number of H-pyrrole nitrogens is 1. The van der Waals surface area contributed by atoms with Crippen molar-refractivity contribution in [3.8, 4) is 11.5 Å². The standard InChI is InChI=1S/C15H17BrN4O3/c1-4-23-12-7-10(6-11(16)14(12)22-3)8-17-20-15-18-9(2)5-13(21)19-15/h5-8H,4H2,1-3H3,(H2,18,19,20,21)/b17-8-. The van der Waals surface area contributed by atoms with Crippen molar-refractivity contribution in [2.45, 2.75) is 13.8 Å². The quantitative estimate of drug-likeness (QED) is 0.593. The lowest BCUT2D eigenvalue weighted by Crippen LogP contribution is -2.10. The predicted molar refractivity (Wildman–Crippen MR) is 92.7 cm³/mol. The van der Waals surface area contributed by atoms with E-state index < -0.39 is 0 Å². The van der Waals surface area contributed by atoms with Gasteiger partial charge in [-0.3, -0.25) is 9.78 Å². The number of nitrogens with one attached hydrogen (secondary N) is 2. The maximum Gasteiger partial charge on any atom is 0.252 e. The van der Waals surface area contributed by atoms with E-state index >= 15 is 0 Å². The van der Waals surface area contributed by atoms with Gasteiger partial charge in [0.1, 0.15) is 0 Å². The van der Waals surface area contributed by atoms with Gasteiger partial charge in [0.2, 0.25) is 5.95 Å². The van der Waals surface area contributed by atoms with Gasteiger partial charge in [-0.05, 0) is 47.5 Å². The molecule has 0 aliphatic heterocycles. The molecule has 122 valence electrons. The molecule has 0 saturated heterocycles. The lowest BCUT2D eigenvalue weighted by Gasteiger charge is -2.11. The molecule has 1 heterocycles. The molecule has 2 aromatic rings. The maximum atomic E-state index is 11.4. The molecule has 0 fully saturated rings. The molecule has 0 radical (unpaired) electrons. The van der Waals surface area contributed by atoms with Crippen LogP contribution in [-0.2, 0) is 0 Å². The average Bonchev–Trinajstić information content (AvgIpc) is 2.46. The minimum atomic E-state index is -0.235. The van der Waals surface area contributed by atoms with E-state index in [4.69, 9.17) is 9.47 Å². The number of nitrogens with zero attached hydrogens (tertiary/aromatic N) is 2. The fourth-order valence-electron chi connectivity index (χ4n) is 1.92. The Labute approximate surface area is 141 Å². The third-order valence-corrected chi connectivity index (χ3v) is 3.38. The monoisotopic (exact) mass is 380 g/mol. The van der Waals surface area contributed by atoms with Crippen LogP contribution >= 0.6 is 15.9 Å². The maximum absolute atomic E-state index is 11.4. The second kappa shape index (κ2) is 7.77. The minimum absolute atomic E-state index is 0.235. The molecule has 0 amide bonds. The molecule has 0 bridgehead atoms. The Bertz CT molecular complexity index is 774. The van der Waals surface area contributed by atoms with Gasteiger partial charge in [-0.2, -0.15) is 5.10 Å². The van der Waals surface area contributed by atoms with Gasteiger partial charge >= 0.3 is 0 Å². The Kier molecular flexibility index (Phi) is 5.75. The number of halogens is 1. The summed E-state index contributed by atoms with van der Waals surface area (Å²) in [5.41, 5.74) is 3.86. The van der Waals surface area contributed by atoms with Crippen molar-refractivity contribution in [3.63, 3.8) is 0 Å². The van der Waals surface area contributed by atoms with Crippen molar-refractivity contribution in [1.82, 2.24) is 9.97 Å². The van der Waals surface area contributed by atoms with Crippen LogP contribution in [0.1, 0.15) is 18.2 Å². The summed E-state index contributed by atoms with van der Waals surface area (Å²) in [6, 6.07) is 5.06. The number of aryl methyl sites for hydroxylation is 1. The lowest BCUT2D eigenvalue weighted by molar-refractivity contribution is 0.310. The number of hydrogen-bond acceptors (Lipinski definition) is 6. The topological polar surface area (TPSA) is 88.6 Å². The molecular formula is C15H17BrN4O3. The van der Waals surface area contributed by atoms with Gasteiger partial charge in [0.05, 0.1) is 24.4 Å². The zero-order valence-corrected chi connectivity index (χ0v) is 14.6. The van der Waals surface area contributed by atoms with E-state index in [1.165, 1.54) is 6.07 Å². The zero-order chi connectivity index (χ0) is 16.8. The van der Waals surface area contributed by atoms with Crippen LogP contribution in [0.25, 0.3) is 0 Å². The molecule has 1 aromatic carbocycles. The number of aromatic amines is 1. The molecule has 7 nitrogen and oxygen atoms in total. The number of rotatable bonds is 6. The Morgan fingerprint density at radius 3 is 2.87 bits per heavy atom. The first-order valence-corrected chi connectivity index (χ1v) is 7.70. The van der Waals surface area contributed by atoms with E-state index in [0.29, 0.717) is 23.8 Å². The summed E-state index contributed by atoms with van der Waals surface area (Å²) < 4.78 is 11.6. The van der Waals surface area contributed by atoms with Crippen LogP contribution in [0.5, 0.6) is 11.5 Å². The second-order valence-corrected chi connectivity index (χ2v) is 5.43. The molecule has 8 heteroatoms. The van der Waals surface area contributed by atoms with Crippen molar-refractivity contribution in [1.29, 1.82) is 0 Å². The highest BCUT2D eigenvalue weighted by atomic mass is 79.9. The van der Waals surface area contributed by atoms with Gasteiger partial charge in [0.25, 0.3) is 5.56 Å². The van der Waals surface area contributed by atoms with E-state index in [-0.39, 0.29) is 11.5 Å². The van der Waals surface area contributed by atoms with Gasteiger partial charge in [-0.1, -0.05) is 0 Å². The predicted octanol–water partition coefficient (Wildman–Crippen LogP) is 2.69. The van der Waals surface area contributed by atoms with Crippen LogP contribution in [-0.4, -0.2) is 29.9 Å². The molecule has 0 atom stereocenters. The van der Waals surface area contributed by atoms with Crippen LogP contribution in [0.4, 0.5) is 5.95 Å². The summed E-state index contributed by atoms with van der Waals surface area (Å²) >= 11 is 3.44. The molecule has 1 aromatic heterocycles. The molecule has 0 saturated carbocycles. The molecular weight excluding hydrogens is 364 g/mol. The Hall–Kier alpha value is -2.35. The van der Waals surface area contributed by atoms with Gasteiger partial charge in [-0.25, -0.2) is 10.4 Å². The first kappa shape index (κ1) is 17.0. The molecule has 2 N–H and O–H groups in total. The van der Waals surface area contributed by atoms with E-state index in [1.54, 1.807) is 20.2 Å². The minimum Gasteiger partial charge on any atom is -0.492 e. The molecule has 0 spiro atoms. The summed E-state index contributed by atoms with van der Waals surface area (Å²) in [5.74, 6) is 1.53. The summed E-state index contributed by atoms with van der Waals surface area (Å²) in [5, 5.41) is 4.07. The van der Waals surface area contributed by atoms with Crippen molar-refractivity contribution in [2.24, 2.45) is 5.10 Å². The SMILES string of the molecule is CCOc1cc(/C=N\Nc2nc(C)cc(=O)[nH]2)cc(Br)c1OC. The number of anilines is 1. The van der Waals surface area contributed by atoms with Crippen LogP contribution in [0, 0.1) is 6.92 Å². The van der Waals surface area contributed by atoms with E-state index in [2.05, 4.69) is 36.4 Å². The molecule has 0 aliphatic rings. The summed E-state index contributed by atoms with van der Waals surface area (Å²) in [7, 11) is 1.58. The summed E-state index contributed by atoms with van der Waals surface area (Å²) in [6.45, 7) is 4.16. The van der Waals surface area contributed by atoms with Crippen LogP contribution < -0.4 is 20.5 Å². The Morgan fingerprint density at radius 2 is 2.22 bits per heavy atom. The van der Waals surface area contributed by atoms with Gasteiger partial charge in [-0.15, -0.1) is 0 Å². The smallest absolute Gasteiger partial charge is 0.252 e. The largest absolute Gasteiger partial charge is 0.492 e. The first-order chi connectivity index (χ1) is 11.0. The van der Waals surface area contributed by atoms with Crippen molar-refractivity contribution in [3.05, 3.63) is 44.3 Å². The van der Waals surface area contributed by atoms with E-state index in [1.807, 2.05) is 19.1 Å². The van der Waals surface area contributed by atoms with Gasteiger partial charge < -0.3 is 9.47 Å². The van der Waals surface area contributed by atoms with Crippen LogP contribution in [0.3, 0.4) is 0 Å². The molecule has 23 heavy (non-hydrogen) atoms. The number of ether oxygens (including phenoxy) is 2. The number of benzene rings is 1. The van der Waals surface area contributed by atoms with Gasteiger partial charge in [0, 0.05) is 11.8 Å². The molecule has 0 aliphatic carbocycles. The fourth-order valence-corrected chi connectivity index (χ4v) is 2.55. The highest BCUT2D eigenvalue weighted by Gasteiger charge is 2.10. The van der Waals surface area contributed by atoms with Crippen molar-refractivity contribution >= 4 is 28.1 Å². The number of hydrazone groups is 1. The van der Waals surface area contributed by atoms with Crippen molar-refractivity contribution in [2.75, 3.05) is 19.1 Å². The lowest BCUT2D eigenvalue weighted by atomic mass is 10.2. The Balaban J connectivity index is 2.20. The van der Waals surface area contributed by atoms with E-state index in [0.717, 1.165) is 10.0 Å². The zero-order valence-electron chi connectivity index (χ0n) is 13.0. The molecule has 0 unspecified atom stereocenters. The first-order valence-electron chi connectivity index (χ1n) is 6.91. The number of methoxy groups -OCH3 is 1. The third-order valence-electron chi connectivity index (χ3n) is 2.79. The normalized spacial score (nSPS) is 10.8. The second-order valence-electron chi connectivity index (χ2n) is 4.57. The van der Waals surface area contributed by atoms with E-state index in [9.17, 15) is 4.79 Å². The molecule has 2 rings (SSSR count). The Morgan fingerprint density at radius 1 is 1.43 bits per heavy atom. The average molecular weight is 381 g/mol. The summed E-state index contributed by atoms with van der Waals surface area (Å²) in [6.07, 6.45) is 1.59. The van der Waals surface area contributed by atoms with Crippen LogP contribution in [0.2, 0.25) is 0 Å². The third kappa shape index (κ3) is 4.56. The van der Waals surface area contributed by atoms with Crippen molar-refractivity contribution < 1.29 is 9.47 Å². The highest BCUT2D eigenvalue weighted by Crippen LogP contribution is 2.36.